The Morgan fingerprint density at radius 1 is 1.56 bits per heavy atom. The second-order valence-corrected chi connectivity index (χ2v) is 3.75. The fraction of sp³-hybridized carbons (Fsp3) is 0.455. The predicted molar refractivity (Wildman–Crippen MR) is 61.4 cm³/mol. The largest absolute Gasteiger partial charge is 0.487 e. The van der Waals surface area contributed by atoms with Crippen molar-refractivity contribution >= 4 is 12.4 Å². The van der Waals surface area contributed by atoms with Crippen molar-refractivity contribution in [3.8, 4) is 5.75 Å². The third-order valence-electron chi connectivity index (χ3n) is 2.67. The highest BCUT2D eigenvalue weighted by atomic mass is 35.5. The molecular weight excluding hydrogens is 233 g/mol. The van der Waals surface area contributed by atoms with Crippen molar-refractivity contribution in [3.63, 3.8) is 0 Å². The van der Waals surface area contributed by atoms with Crippen LogP contribution in [0.4, 0.5) is 4.39 Å². The number of halogens is 2. The van der Waals surface area contributed by atoms with Gasteiger partial charge in [-0.25, -0.2) is 4.39 Å². The van der Waals surface area contributed by atoms with E-state index in [1.807, 2.05) is 0 Å². The van der Waals surface area contributed by atoms with Crippen LogP contribution in [0.25, 0.3) is 0 Å². The van der Waals surface area contributed by atoms with Crippen LogP contribution < -0.4 is 10.5 Å². The second kappa shape index (κ2) is 5.48. The third kappa shape index (κ3) is 2.64. The van der Waals surface area contributed by atoms with Gasteiger partial charge in [-0.05, 0) is 36.6 Å². The lowest BCUT2D eigenvalue weighted by atomic mass is 9.99. The highest BCUT2D eigenvalue weighted by Crippen LogP contribution is 2.29. The van der Waals surface area contributed by atoms with Crippen molar-refractivity contribution in [2.45, 2.75) is 25.0 Å². The summed E-state index contributed by atoms with van der Waals surface area (Å²) in [6, 6.07) is 4.43. The van der Waals surface area contributed by atoms with E-state index in [0.717, 1.165) is 12.0 Å². The molecule has 16 heavy (non-hydrogen) atoms. The maximum Gasteiger partial charge on any atom is 0.126 e. The van der Waals surface area contributed by atoms with Crippen molar-refractivity contribution in [1.29, 1.82) is 0 Å². The zero-order valence-electron chi connectivity index (χ0n) is 8.73. The number of aryl methyl sites for hydroxylation is 1. The van der Waals surface area contributed by atoms with E-state index in [0.29, 0.717) is 12.2 Å². The van der Waals surface area contributed by atoms with Crippen LogP contribution in [0.1, 0.15) is 12.0 Å². The molecule has 0 saturated heterocycles. The van der Waals surface area contributed by atoms with Crippen LogP contribution in [-0.2, 0) is 6.42 Å². The van der Waals surface area contributed by atoms with Crippen LogP contribution >= 0.6 is 12.4 Å². The van der Waals surface area contributed by atoms with Crippen LogP contribution in [0.2, 0.25) is 0 Å². The number of ether oxygens (including phenoxy) is 1. The molecule has 0 radical (unpaired) electrons. The molecule has 0 amide bonds. The molecular formula is C11H15ClFNO2. The summed E-state index contributed by atoms with van der Waals surface area (Å²) in [5.41, 5.74) is 6.21. The van der Waals surface area contributed by atoms with Crippen molar-refractivity contribution in [2.24, 2.45) is 5.73 Å². The molecule has 2 unspecified atom stereocenters. The SMILES string of the molecule is Cl.NCC(O)C1CCc2cc(F)ccc2O1. The van der Waals surface area contributed by atoms with E-state index in [-0.39, 0.29) is 30.9 Å². The number of aliphatic hydroxyl groups excluding tert-OH is 1. The van der Waals surface area contributed by atoms with E-state index < -0.39 is 6.10 Å². The maximum absolute atomic E-state index is 12.9. The Bertz CT molecular complexity index is 362. The maximum atomic E-state index is 12.9. The number of nitrogens with two attached hydrogens (primary N) is 1. The Kier molecular flexibility index (Phi) is 4.53. The smallest absolute Gasteiger partial charge is 0.126 e. The van der Waals surface area contributed by atoms with E-state index in [2.05, 4.69) is 0 Å². The molecule has 1 aromatic carbocycles. The van der Waals surface area contributed by atoms with E-state index >= 15 is 0 Å². The Hall–Kier alpha value is -0.840. The first-order valence-electron chi connectivity index (χ1n) is 5.04. The lowest BCUT2D eigenvalue weighted by molar-refractivity contribution is 0.0296. The zero-order valence-corrected chi connectivity index (χ0v) is 9.54. The number of fused-ring (bicyclic) bond motifs is 1. The van der Waals surface area contributed by atoms with Crippen molar-refractivity contribution in [3.05, 3.63) is 29.6 Å². The molecule has 1 aliphatic heterocycles. The average Bonchev–Trinajstić information content (AvgIpc) is 2.27. The first-order chi connectivity index (χ1) is 7.20. The Morgan fingerprint density at radius 2 is 2.31 bits per heavy atom. The fourth-order valence-electron chi connectivity index (χ4n) is 1.80. The molecule has 90 valence electrons. The summed E-state index contributed by atoms with van der Waals surface area (Å²) in [5, 5.41) is 9.54. The summed E-state index contributed by atoms with van der Waals surface area (Å²) in [6.07, 6.45) is 0.472. The predicted octanol–water partition coefficient (Wildman–Crippen LogP) is 1.26. The summed E-state index contributed by atoms with van der Waals surface area (Å²) in [4.78, 5) is 0. The van der Waals surface area contributed by atoms with Gasteiger partial charge in [0.05, 0.1) is 0 Å². The minimum absolute atomic E-state index is 0. The number of hydrogen-bond donors (Lipinski definition) is 2. The van der Waals surface area contributed by atoms with Gasteiger partial charge in [0.15, 0.2) is 0 Å². The monoisotopic (exact) mass is 247 g/mol. The van der Waals surface area contributed by atoms with Gasteiger partial charge in [0, 0.05) is 6.54 Å². The van der Waals surface area contributed by atoms with Crippen LogP contribution in [0.3, 0.4) is 0 Å². The number of benzene rings is 1. The standard InChI is InChI=1S/C11H14FNO2.ClH/c12-8-2-4-10-7(5-8)1-3-11(15-10)9(14)6-13;/h2,4-5,9,11,14H,1,3,6,13H2;1H. The van der Waals surface area contributed by atoms with Crippen molar-refractivity contribution in [2.75, 3.05) is 6.54 Å². The minimum atomic E-state index is -0.650. The highest BCUT2D eigenvalue weighted by Gasteiger charge is 2.25. The second-order valence-electron chi connectivity index (χ2n) is 3.75. The first kappa shape index (κ1) is 13.2. The minimum Gasteiger partial charge on any atom is -0.487 e. The van der Waals surface area contributed by atoms with Crippen LogP contribution in [0.5, 0.6) is 5.75 Å². The van der Waals surface area contributed by atoms with Gasteiger partial charge in [0.1, 0.15) is 23.8 Å². The van der Waals surface area contributed by atoms with Gasteiger partial charge in [0.25, 0.3) is 0 Å². The summed E-state index contributed by atoms with van der Waals surface area (Å²) in [5.74, 6) is 0.398. The molecule has 2 atom stereocenters. The van der Waals surface area contributed by atoms with Crippen LogP contribution in [0.15, 0.2) is 18.2 Å². The number of hydrogen-bond acceptors (Lipinski definition) is 3. The first-order valence-corrected chi connectivity index (χ1v) is 5.04. The molecule has 1 heterocycles. The summed E-state index contributed by atoms with van der Waals surface area (Å²) in [7, 11) is 0. The van der Waals surface area contributed by atoms with Gasteiger partial charge in [-0.15, -0.1) is 12.4 Å². The summed E-state index contributed by atoms with van der Waals surface area (Å²) >= 11 is 0. The van der Waals surface area contributed by atoms with Gasteiger partial charge in [-0.2, -0.15) is 0 Å². The molecule has 5 heteroatoms. The third-order valence-corrected chi connectivity index (χ3v) is 2.67. The number of aliphatic hydroxyl groups is 1. The van der Waals surface area contributed by atoms with Crippen LogP contribution in [-0.4, -0.2) is 23.9 Å². The molecule has 1 aromatic rings. The van der Waals surface area contributed by atoms with Gasteiger partial charge >= 0.3 is 0 Å². The lowest BCUT2D eigenvalue weighted by Gasteiger charge is -2.28. The van der Waals surface area contributed by atoms with Crippen LogP contribution in [0, 0.1) is 5.82 Å². The Morgan fingerprint density at radius 3 is 3.00 bits per heavy atom. The molecule has 3 N–H and O–H groups in total. The average molecular weight is 248 g/mol. The quantitative estimate of drug-likeness (QED) is 0.827. The topological polar surface area (TPSA) is 55.5 Å². The molecule has 0 fully saturated rings. The highest BCUT2D eigenvalue weighted by molar-refractivity contribution is 5.85. The molecule has 2 rings (SSSR count). The van der Waals surface area contributed by atoms with E-state index in [9.17, 15) is 9.50 Å². The van der Waals surface area contributed by atoms with Gasteiger partial charge in [-0.3, -0.25) is 0 Å². The zero-order chi connectivity index (χ0) is 10.8. The summed E-state index contributed by atoms with van der Waals surface area (Å²) in [6.45, 7) is 0.182. The van der Waals surface area contributed by atoms with E-state index in [1.165, 1.54) is 12.1 Å². The molecule has 0 spiro atoms. The summed E-state index contributed by atoms with van der Waals surface area (Å²) < 4.78 is 18.4. The molecule has 0 aliphatic carbocycles. The molecule has 3 nitrogen and oxygen atoms in total. The Balaban J connectivity index is 0.00000128. The molecule has 0 bridgehead atoms. The van der Waals surface area contributed by atoms with Crippen molar-refractivity contribution < 1.29 is 14.2 Å². The molecule has 0 aromatic heterocycles. The van der Waals surface area contributed by atoms with E-state index in [1.54, 1.807) is 6.07 Å². The molecule has 1 aliphatic rings. The fourth-order valence-corrected chi connectivity index (χ4v) is 1.80. The lowest BCUT2D eigenvalue weighted by Crippen LogP contribution is -2.39. The van der Waals surface area contributed by atoms with E-state index in [4.69, 9.17) is 10.5 Å². The normalized spacial score (nSPS) is 20.3. The van der Waals surface area contributed by atoms with Gasteiger partial charge in [-0.1, -0.05) is 0 Å². The molecule has 0 saturated carbocycles. The Labute approximate surface area is 99.8 Å². The van der Waals surface area contributed by atoms with Crippen molar-refractivity contribution in [1.82, 2.24) is 0 Å². The van der Waals surface area contributed by atoms with Gasteiger partial charge in [0.2, 0.25) is 0 Å². The number of rotatable bonds is 2. The van der Waals surface area contributed by atoms with Gasteiger partial charge < -0.3 is 15.6 Å².